The molecule has 7 nitrogen and oxygen atoms in total. The summed E-state index contributed by atoms with van der Waals surface area (Å²) < 4.78 is 5.38. The highest BCUT2D eigenvalue weighted by atomic mass is 16.5. The zero-order chi connectivity index (χ0) is 18.2. The van der Waals surface area contributed by atoms with Gasteiger partial charge in [0.2, 0.25) is 0 Å². The van der Waals surface area contributed by atoms with Gasteiger partial charge in [0.25, 0.3) is 5.91 Å². The van der Waals surface area contributed by atoms with Gasteiger partial charge >= 0.3 is 6.03 Å². The lowest BCUT2D eigenvalue weighted by atomic mass is 10.2. The SMILES string of the molecule is CCNC(=O)COc1ccc(NC(=O)NC2CCN(C(C)C)C2)cc1. The van der Waals surface area contributed by atoms with Crippen molar-refractivity contribution >= 4 is 17.6 Å². The van der Waals surface area contributed by atoms with Gasteiger partial charge in [0.05, 0.1) is 0 Å². The first-order valence-electron chi connectivity index (χ1n) is 8.79. The van der Waals surface area contributed by atoms with Gasteiger partial charge in [0.1, 0.15) is 5.75 Å². The number of benzene rings is 1. The van der Waals surface area contributed by atoms with Gasteiger partial charge in [-0.1, -0.05) is 0 Å². The number of urea groups is 1. The van der Waals surface area contributed by atoms with Crippen molar-refractivity contribution in [2.45, 2.75) is 39.3 Å². The van der Waals surface area contributed by atoms with Crippen LogP contribution in [0.25, 0.3) is 0 Å². The molecule has 3 N–H and O–H groups in total. The topological polar surface area (TPSA) is 82.7 Å². The van der Waals surface area contributed by atoms with Crippen molar-refractivity contribution in [2.75, 3.05) is 31.6 Å². The number of nitrogens with zero attached hydrogens (tertiary/aromatic N) is 1. The van der Waals surface area contributed by atoms with Gasteiger partial charge in [0, 0.05) is 37.4 Å². The third-order valence-electron chi connectivity index (χ3n) is 4.14. The van der Waals surface area contributed by atoms with Crippen molar-refractivity contribution in [3.63, 3.8) is 0 Å². The monoisotopic (exact) mass is 348 g/mol. The Morgan fingerprint density at radius 2 is 2.00 bits per heavy atom. The lowest BCUT2D eigenvalue weighted by molar-refractivity contribution is -0.122. The van der Waals surface area contributed by atoms with E-state index >= 15 is 0 Å². The molecule has 1 heterocycles. The molecule has 138 valence electrons. The van der Waals surface area contributed by atoms with Gasteiger partial charge in [-0.2, -0.15) is 0 Å². The number of amides is 3. The smallest absolute Gasteiger partial charge is 0.319 e. The third-order valence-corrected chi connectivity index (χ3v) is 4.14. The van der Waals surface area contributed by atoms with E-state index in [0.29, 0.717) is 24.0 Å². The number of rotatable bonds is 7. The first-order chi connectivity index (χ1) is 12.0. The number of likely N-dealkylation sites (N-methyl/N-ethyl adjacent to an activating group) is 1. The third kappa shape index (κ3) is 6.26. The van der Waals surface area contributed by atoms with E-state index in [2.05, 4.69) is 34.7 Å². The summed E-state index contributed by atoms with van der Waals surface area (Å²) in [4.78, 5) is 25.8. The van der Waals surface area contributed by atoms with Crippen molar-refractivity contribution in [3.8, 4) is 5.75 Å². The number of anilines is 1. The number of carbonyl (C=O) groups excluding carboxylic acids is 2. The molecule has 1 unspecified atom stereocenters. The molecule has 0 aromatic heterocycles. The Morgan fingerprint density at radius 1 is 1.28 bits per heavy atom. The Balaban J connectivity index is 1.75. The first kappa shape index (κ1) is 19.1. The number of ether oxygens (including phenoxy) is 1. The first-order valence-corrected chi connectivity index (χ1v) is 8.79. The lowest BCUT2D eigenvalue weighted by Crippen LogP contribution is -2.40. The molecule has 1 atom stereocenters. The van der Waals surface area contributed by atoms with Crippen LogP contribution in [-0.4, -0.2) is 55.2 Å². The average molecular weight is 348 g/mol. The van der Waals surface area contributed by atoms with Gasteiger partial charge in [-0.3, -0.25) is 9.69 Å². The predicted molar refractivity (Wildman–Crippen MR) is 97.9 cm³/mol. The van der Waals surface area contributed by atoms with Crippen molar-refractivity contribution in [1.29, 1.82) is 0 Å². The lowest BCUT2D eigenvalue weighted by Gasteiger charge is -2.20. The van der Waals surface area contributed by atoms with Gasteiger partial charge in [-0.05, 0) is 51.5 Å². The quantitative estimate of drug-likeness (QED) is 0.702. The maximum absolute atomic E-state index is 12.1. The number of carbonyl (C=O) groups is 2. The molecular weight excluding hydrogens is 320 g/mol. The van der Waals surface area contributed by atoms with E-state index in [4.69, 9.17) is 4.74 Å². The van der Waals surface area contributed by atoms with Crippen LogP contribution in [0.5, 0.6) is 5.75 Å². The zero-order valence-corrected chi connectivity index (χ0v) is 15.2. The summed E-state index contributed by atoms with van der Waals surface area (Å²) in [5, 5.41) is 8.49. The van der Waals surface area contributed by atoms with Gasteiger partial charge in [-0.15, -0.1) is 0 Å². The molecule has 0 bridgehead atoms. The molecule has 0 aliphatic carbocycles. The molecule has 1 saturated heterocycles. The van der Waals surface area contributed by atoms with Crippen molar-refractivity contribution in [2.24, 2.45) is 0 Å². The van der Waals surface area contributed by atoms with Crippen LogP contribution in [-0.2, 0) is 4.79 Å². The Bertz CT molecular complexity index is 574. The number of hydrogen-bond acceptors (Lipinski definition) is 4. The van der Waals surface area contributed by atoms with Gasteiger partial charge in [-0.25, -0.2) is 4.79 Å². The van der Waals surface area contributed by atoms with Crippen LogP contribution < -0.4 is 20.7 Å². The number of nitrogens with one attached hydrogen (secondary N) is 3. The average Bonchev–Trinajstić information content (AvgIpc) is 3.03. The van der Waals surface area contributed by atoms with E-state index in [-0.39, 0.29) is 24.6 Å². The van der Waals surface area contributed by atoms with E-state index in [1.807, 2.05) is 6.92 Å². The second-order valence-corrected chi connectivity index (χ2v) is 6.44. The van der Waals surface area contributed by atoms with Crippen LogP contribution in [0.2, 0.25) is 0 Å². The molecule has 1 aliphatic rings. The minimum absolute atomic E-state index is 0.0187. The Hall–Kier alpha value is -2.28. The fourth-order valence-electron chi connectivity index (χ4n) is 2.76. The molecule has 2 rings (SSSR count). The zero-order valence-electron chi connectivity index (χ0n) is 15.2. The second-order valence-electron chi connectivity index (χ2n) is 6.44. The van der Waals surface area contributed by atoms with Crippen LogP contribution in [0.3, 0.4) is 0 Å². The Labute approximate surface area is 149 Å². The molecule has 7 heteroatoms. The normalized spacial score (nSPS) is 17.4. The minimum atomic E-state index is -0.202. The maximum Gasteiger partial charge on any atom is 0.319 e. The molecule has 1 fully saturated rings. The summed E-state index contributed by atoms with van der Waals surface area (Å²) in [6, 6.07) is 7.44. The fourth-order valence-corrected chi connectivity index (χ4v) is 2.76. The summed E-state index contributed by atoms with van der Waals surface area (Å²) in [6.45, 7) is 8.65. The highest BCUT2D eigenvalue weighted by Gasteiger charge is 2.25. The highest BCUT2D eigenvalue weighted by Crippen LogP contribution is 2.16. The van der Waals surface area contributed by atoms with Crippen LogP contribution in [0.15, 0.2) is 24.3 Å². The molecular formula is C18H28N4O3. The highest BCUT2D eigenvalue weighted by molar-refractivity contribution is 5.89. The summed E-state index contributed by atoms with van der Waals surface area (Å²) >= 11 is 0. The van der Waals surface area contributed by atoms with E-state index in [1.54, 1.807) is 24.3 Å². The van der Waals surface area contributed by atoms with E-state index in [0.717, 1.165) is 19.5 Å². The molecule has 3 amide bonds. The van der Waals surface area contributed by atoms with Gasteiger partial charge in [0.15, 0.2) is 6.61 Å². The molecule has 1 aromatic carbocycles. The maximum atomic E-state index is 12.1. The van der Waals surface area contributed by atoms with Crippen LogP contribution in [0.1, 0.15) is 27.2 Å². The second kappa shape index (κ2) is 9.27. The molecule has 1 aliphatic heterocycles. The van der Waals surface area contributed by atoms with E-state index < -0.39 is 0 Å². The summed E-state index contributed by atoms with van der Waals surface area (Å²) in [5.74, 6) is 0.427. The van der Waals surface area contributed by atoms with E-state index in [9.17, 15) is 9.59 Å². The number of likely N-dealkylation sites (tertiary alicyclic amines) is 1. The summed E-state index contributed by atoms with van der Waals surface area (Å²) in [7, 11) is 0. The summed E-state index contributed by atoms with van der Waals surface area (Å²) in [6.07, 6.45) is 0.970. The summed E-state index contributed by atoms with van der Waals surface area (Å²) in [5.41, 5.74) is 0.682. The van der Waals surface area contributed by atoms with Crippen LogP contribution in [0, 0.1) is 0 Å². The van der Waals surface area contributed by atoms with Crippen LogP contribution >= 0.6 is 0 Å². The molecule has 0 radical (unpaired) electrons. The van der Waals surface area contributed by atoms with Crippen LogP contribution in [0.4, 0.5) is 10.5 Å². The Kier molecular flexibility index (Phi) is 7.06. The van der Waals surface area contributed by atoms with Crippen molar-refractivity contribution < 1.29 is 14.3 Å². The molecule has 0 spiro atoms. The fraction of sp³-hybridized carbons (Fsp3) is 0.556. The molecule has 25 heavy (non-hydrogen) atoms. The molecule has 1 aromatic rings. The van der Waals surface area contributed by atoms with Crippen molar-refractivity contribution in [1.82, 2.24) is 15.5 Å². The Morgan fingerprint density at radius 3 is 2.60 bits per heavy atom. The predicted octanol–water partition coefficient (Wildman–Crippen LogP) is 1.81. The largest absolute Gasteiger partial charge is 0.484 e. The minimum Gasteiger partial charge on any atom is -0.484 e. The van der Waals surface area contributed by atoms with Crippen molar-refractivity contribution in [3.05, 3.63) is 24.3 Å². The van der Waals surface area contributed by atoms with E-state index in [1.165, 1.54) is 0 Å². The standard InChI is InChI=1S/C18H28N4O3/c1-4-19-17(23)12-25-16-7-5-14(6-8-16)20-18(24)21-15-9-10-22(11-15)13(2)3/h5-8,13,15H,4,9-12H2,1-3H3,(H,19,23)(H2,20,21,24). The number of hydrogen-bond donors (Lipinski definition) is 3. The van der Waals surface area contributed by atoms with Gasteiger partial charge < -0.3 is 20.7 Å². The molecule has 0 saturated carbocycles.